The SMILES string of the molecule is COc1ccc(C(C)(C)NC(=O)Nc2ccc(C)c(Cl)c2)cc1. The lowest BCUT2D eigenvalue weighted by molar-refractivity contribution is 0.242. The molecule has 0 saturated heterocycles. The smallest absolute Gasteiger partial charge is 0.319 e. The minimum atomic E-state index is -0.523. The fourth-order valence-electron chi connectivity index (χ4n) is 2.20. The second-order valence-electron chi connectivity index (χ2n) is 5.90. The van der Waals surface area contributed by atoms with E-state index in [0.717, 1.165) is 16.9 Å². The minimum absolute atomic E-state index is 0.286. The molecule has 23 heavy (non-hydrogen) atoms. The Labute approximate surface area is 141 Å². The van der Waals surface area contributed by atoms with E-state index in [9.17, 15) is 4.79 Å². The van der Waals surface area contributed by atoms with E-state index in [0.29, 0.717) is 10.7 Å². The normalized spacial score (nSPS) is 11.0. The van der Waals surface area contributed by atoms with Crippen LogP contribution < -0.4 is 15.4 Å². The molecule has 2 amide bonds. The van der Waals surface area contributed by atoms with Gasteiger partial charge in [-0.2, -0.15) is 0 Å². The molecule has 122 valence electrons. The van der Waals surface area contributed by atoms with Gasteiger partial charge in [-0.15, -0.1) is 0 Å². The Morgan fingerprint density at radius 3 is 2.35 bits per heavy atom. The molecule has 2 rings (SSSR count). The molecule has 0 aliphatic heterocycles. The number of hydrogen-bond acceptors (Lipinski definition) is 2. The van der Waals surface area contributed by atoms with Crippen LogP contribution in [0.2, 0.25) is 5.02 Å². The third-order valence-electron chi connectivity index (χ3n) is 3.67. The van der Waals surface area contributed by atoms with E-state index in [-0.39, 0.29) is 6.03 Å². The van der Waals surface area contributed by atoms with E-state index in [1.165, 1.54) is 0 Å². The molecule has 0 fully saturated rings. The van der Waals surface area contributed by atoms with Crippen molar-refractivity contribution in [2.24, 2.45) is 0 Å². The summed E-state index contributed by atoms with van der Waals surface area (Å²) in [5.74, 6) is 0.781. The molecule has 0 spiro atoms. The quantitative estimate of drug-likeness (QED) is 0.851. The maximum absolute atomic E-state index is 12.2. The zero-order chi connectivity index (χ0) is 17.0. The van der Waals surface area contributed by atoms with Crippen molar-refractivity contribution in [3.63, 3.8) is 0 Å². The molecule has 0 unspecified atom stereocenters. The van der Waals surface area contributed by atoms with Gasteiger partial charge in [-0.05, 0) is 56.2 Å². The van der Waals surface area contributed by atoms with Gasteiger partial charge in [0.15, 0.2) is 0 Å². The highest BCUT2D eigenvalue weighted by atomic mass is 35.5. The Kier molecular flexibility index (Phi) is 5.16. The summed E-state index contributed by atoms with van der Waals surface area (Å²) in [7, 11) is 1.62. The second-order valence-corrected chi connectivity index (χ2v) is 6.30. The number of aryl methyl sites for hydroxylation is 1. The summed E-state index contributed by atoms with van der Waals surface area (Å²) in [4.78, 5) is 12.2. The van der Waals surface area contributed by atoms with Crippen molar-refractivity contribution in [3.8, 4) is 5.75 Å². The van der Waals surface area contributed by atoms with Gasteiger partial charge < -0.3 is 15.4 Å². The molecule has 0 aliphatic carbocycles. The summed E-state index contributed by atoms with van der Waals surface area (Å²) in [6.45, 7) is 5.80. The van der Waals surface area contributed by atoms with Crippen LogP contribution in [0.15, 0.2) is 42.5 Å². The van der Waals surface area contributed by atoms with Crippen LogP contribution in [0.5, 0.6) is 5.75 Å². The van der Waals surface area contributed by atoms with Crippen LogP contribution in [0.1, 0.15) is 25.0 Å². The number of nitrogens with one attached hydrogen (secondary N) is 2. The van der Waals surface area contributed by atoms with E-state index in [2.05, 4.69) is 10.6 Å². The average molecular weight is 333 g/mol. The summed E-state index contributed by atoms with van der Waals surface area (Å²) < 4.78 is 5.15. The summed E-state index contributed by atoms with van der Waals surface area (Å²) in [5.41, 5.74) is 2.08. The molecule has 2 aromatic rings. The molecule has 5 heteroatoms. The number of urea groups is 1. The zero-order valence-corrected chi connectivity index (χ0v) is 14.5. The second kappa shape index (κ2) is 6.92. The highest BCUT2D eigenvalue weighted by molar-refractivity contribution is 6.31. The van der Waals surface area contributed by atoms with Crippen molar-refractivity contribution in [2.45, 2.75) is 26.3 Å². The minimum Gasteiger partial charge on any atom is -0.497 e. The standard InChI is InChI=1S/C18H21ClN2O2/c1-12-5-8-14(11-16(12)19)20-17(22)21-18(2,3)13-6-9-15(23-4)10-7-13/h5-11H,1-4H3,(H2,20,21,22). The van der Waals surface area contributed by atoms with Crippen LogP contribution in [-0.4, -0.2) is 13.1 Å². The van der Waals surface area contributed by atoms with Crippen molar-refractivity contribution in [1.82, 2.24) is 5.32 Å². The van der Waals surface area contributed by atoms with Gasteiger partial charge in [-0.1, -0.05) is 29.8 Å². The molecule has 0 aromatic heterocycles. The lowest BCUT2D eigenvalue weighted by Crippen LogP contribution is -2.43. The van der Waals surface area contributed by atoms with Crippen molar-refractivity contribution >= 4 is 23.3 Å². The van der Waals surface area contributed by atoms with E-state index in [1.807, 2.05) is 57.2 Å². The third kappa shape index (κ3) is 4.39. The van der Waals surface area contributed by atoms with Crippen LogP contribution in [-0.2, 0) is 5.54 Å². The molecule has 0 aliphatic rings. The number of methoxy groups -OCH3 is 1. The highest BCUT2D eigenvalue weighted by Gasteiger charge is 2.23. The van der Waals surface area contributed by atoms with Gasteiger partial charge in [0, 0.05) is 10.7 Å². The third-order valence-corrected chi connectivity index (χ3v) is 4.07. The topological polar surface area (TPSA) is 50.4 Å². The maximum atomic E-state index is 12.2. The number of anilines is 1. The van der Waals surface area contributed by atoms with Crippen LogP contribution in [0.25, 0.3) is 0 Å². The van der Waals surface area contributed by atoms with E-state index >= 15 is 0 Å². The number of carbonyl (C=O) groups excluding carboxylic acids is 1. The van der Waals surface area contributed by atoms with Crippen molar-refractivity contribution < 1.29 is 9.53 Å². The van der Waals surface area contributed by atoms with Crippen LogP contribution in [0, 0.1) is 6.92 Å². The molecule has 2 N–H and O–H groups in total. The van der Waals surface area contributed by atoms with Crippen LogP contribution in [0.3, 0.4) is 0 Å². The van der Waals surface area contributed by atoms with Crippen molar-refractivity contribution in [3.05, 3.63) is 58.6 Å². The molecular formula is C18H21ClN2O2. The Morgan fingerprint density at radius 1 is 1.13 bits per heavy atom. The summed E-state index contributed by atoms with van der Waals surface area (Å²) in [5, 5.41) is 6.38. The first-order valence-electron chi connectivity index (χ1n) is 7.31. The number of amides is 2. The number of halogens is 1. The average Bonchev–Trinajstić information content (AvgIpc) is 2.50. The molecule has 0 bridgehead atoms. The molecule has 4 nitrogen and oxygen atoms in total. The summed E-state index contributed by atoms with van der Waals surface area (Å²) in [6, 6.07) is 12.7. The van der Waals surface area contributed by atoms with Crippen molar-refractivity contribution in [1.29, 1.82) is 0 Å². The predicted molar refractivity (Wildman–Crippen MR) is 94.4 cm³/mol. The van der Waals surface area contributed by atoms with Crippen LogP contribution in [0.4, 0.5) is 10.5 Å². The van der Waals surface area contributed by atoms with E-state index < -0.39 is 5.54 Å². The van der Waals surface area contributed by atoms with Crippen molar-refractivity contribution in [2.75, 3.05) is 12.4 Å². The number of carbonyl (C=O) groups is 1. The van der Waals surface area contributed by atoms with E-state index in [4.69, 9.17) is 16.3 Å². The number of hydrogen-bond donors (Lipinski definition) is 2. The monoisotopic (exact) mass is 332 g/mol. The van der Waals surface area contributed by atoms with Gasteiger partial charge in [-0.3, -0.25) is 0 Å². The largest absolute Gasteiger partial charge is 0.497 e. The number of ether oxygens (including phenoxy) is 1. The van der Waals surface area contributed by atoms with Gasteiger partial charge in [0.05, 0.1) is 12.6 Å². The van der Waals surface area contributed by atoms with Gasteiger partial charge in [0.1, 0.15) is 5.75 Å². The summed E-state index contributed by atoms with van der Waals surface area (Å²) in [6.07, 6.45) is 0. The zero-order valence-electron chi connectivity index (χ0n) is 13.7. The molecule has 0 atom stereocenters. The Morgan fingerprint density at radius 2 is 1.78 bits per heavy atom. The highest BCUT2D eigenvalue weighted by Crippen LogP contribution is 2.24. The van der Waals surface area contributed by atoms with Gasteiger partial charge >= 0.3 is 6.03 Å². The molecule has 2 aromatic carbocycles. The molecular weight excluding hydrogens is 312 g/mol. The fraction of sp³-hybridized carbons (Fsp3) is 0.278. The first-order valence-corrected chi connectivity index (χ1v) is 7.69. The first kappa shape index (κ1) is 17.2. The lowest BCUT2D eigenvalue weighted by Gasteiger charge is -2.27. The Bertz CT molecular complexity index is 697. The fourth-order valence-corrected chi connectivity index (χ4v) is 2.38. The predicted octanol–water partition coefficient (Wildman–Crippen LogP) is 4.71. The van der Waals surface area contributed by atoms with Gasteiger partial charge in [-0.25, -0.2) is 4.79 Å². The first-order chi connectivity index (χ1) is 10.8. The maximum Gasteiger partial charge on any atom is 0.319 e. The molecule has 0 radical (unpaired) electrons. The number of benzene rings is 2. The van der Waals surface area contributed by atoms with Crippen LogP contribution >= 0.6 is 11.6 Å². The lowest BCUT2D eigenvalue weighted by atomic mass is 9.94. The number of rotatable bonds is 4. The Balaban J connectivity index is 2.06. The molecule has 0 heterocycles. The van der Waals surface area contributed by atoms with Gasteiger partial charge in [0.25, 0.3) is 0 Å². The Hall–Kier alpha value is -2.20. The van der Waals surface area contributed by atoms with Gasteiger partial charge in [0.2, 0.25) is 0 Å². The van der Waals surface area contributed by atoms with E-state index in [1.54, 1.807) is 13.2 Å². The summed E-state index contributed by atoms with van der Waals surface area (Å²) >= 11 is 6.07. The molecule has 0 saturated carbocycles.